The van der Waals surface area contributed by atoms with Gasteiger partial charge in [-0.15, -0.1) is 0 Å². The molecule has 0 bridgehead atoms. The fourth-order valence-corrected chi connectivity index (χ4v) is 7.16. The average Bonchev–Trinajstić information content (AvgIpc) is 3.47. The zero-order valence-corrected chi connectivity index (χ0v) is 20.8. The lowest BCUT2D eigenvalue weighted by atomic mass is 9.81. The molecule has 1 aromatic rings. The van der Waals surface area contributed by atoms with Crippen molar-refractivity contribution in [3.63, 3.8) is 0 Å². The number of carbonyl (C=O) groups excluding carboxylic acids is 2. The summed E-state index contributed by atoms with van der Waals surface area (Å²) in [6, 6.07) is 4.15. The maximum atomic E-state index is 13.6. The number of nitrogens with one attached hydrogen (secondary N) is 1. The van der Waals surface area contributed by atoms with Crippen LogP contribution in [0.4, 0.5) is 26.3 Å². The van der Waals surface area contributed by atoms with E-state index in [1.807, 2.05) is 6.07 Å². The van der Waals surface area contributed by atoms with Gasteiger partial charge in [-0.2, -0.15) is 31.6 Å². The number of amides is 2. The number of nitriles is 1. The predicted octanol–water partition coefficient (Wildman–Crippen LogP) is 3.99. The van der Waals surface area contributed by atoms with Crippen molar-refractivity contribution in [2.24, 2.45) is 11.8 Å². The Balaban J connectivity index is 1.61. The van der Waals surface area contributed by atoms with Crippen LogP contribution < -0.4 is 5.32 Å². The third-order valence-corrected chi connectivity index (χ3v) is 9.84. The molecule has 208 valence electrons. The van der Waals surface area contributed by atoms with Crippen LogP contribution in [0.15, 0.2) is 29.2 Å². The van der Waals surface area contributed by atoms with Crippen molar-refractivity contribution in [2.45, 2.75) is 79.0 Å². The molecule has 0 spiro atoms. The number of hydrogen-bond acceptors (Lipinski definition) is 5. The SMILES string of the molecule is N#CC1(NC(=O)[C@@H]2C[C@@H](S(=O)(=O)c3ccccc3C(F)(F)F)CN2C(=O)C2CCC(C(F)(F)F)CC2)CC1. The maximum absolute atomic E-state index is 13.6. The van der Waals surface area contributed by atoms with Gasteiger partial charge < -0.3 is 10.2 Å². The normalized spacial score (nSPS) is 27.4. The molecule has 14 heteroatoms. The summed E-state index contributed by atoms with van der Waals surface area (Å²) < 4.78 is 107. The second-order valence-corrected chi connectivity index (χ2v) is 12.4. The number of nitrogens with zero attached hydrogens (tertiary/aromatic N) is 2. The van der Waals surface area contributed by atoms with Gasteiger partial charge in [-0.05, 0) is 57.1 Å². The fourth-order valence-electron chi connectivity index (χ4n) is 5.25. The zero-order chi connectivity index (χ0) is 28.1. The third kappa shape index (κ3) is 5.48. The Morgan fingerprint density at radius 2 is 1.63 bits per heavy atom. The summed E-state index contributed by atoms with van der Waals surface area (Å²) in [7, 11) is -4.69. The van der Waals surface area contributed by atoms with Crippen LogP contribution in [0, 0.1) is 23.2 Å². The lowest BCUT2D eigenvalue weighted by Gasteiger charge is -2.33. The molecule has 2 aliphatic carbocycles. The van der Waals surface area contributed by atoms with Crippen LogP contribution in [0.2, 0.25) is 0 Å². The quantitative estimate of drug-likeness (QED) is 0.544. The molecule has 1 aromatic carbocycles. The Morgan fingerprint density at radius 3 is 2.16 bits per heavy atom. The summed E-state index contributed by atoms with van der Waals surface area (Å²) >= 11 is 0. The number of halogens is 6. The lowest BCUT2D eigenvalue weighted by Crippen LogP contribution is -2.51. The van der Waals surface area contributed by atoms with Gasteiger partial charge in [-0.1, -0.05) is 12.1 Å². The highest BCUT2D eigenvalue weighted by atomic mass is 32.2. The van der Waals surface area contributed by atoms with Crippen molar-refractivity contribution >= 4 is 21.7 Å². The Labute approximate surface area is 215 Å². The number of alkyl halides is 6. The van der Waals surface area contributed by atoms with Crippen molar-refractivity contribution in [1.82, 2.24) is 10.2 Å². The topological polar surface area (TPSA) is 107 Å². The van der Waals surface area contributed by atoms with Crippen LogP contribution in [0.25, 0.3) is 0 Å². The van der Waals surface area contributed by atoms with Crippen LogP contribution in [-0.2, 0) is 25.6 Å². The first-order valence-corrected chi connectivity index (χ1v) is 13.6. The minimum atomic E-state index is -4.98. The molecular weight excluding hydrogens is 540 g/mol. The van der Waals surface area contributed by atoms with Gasteiger partial charge in [-0.25, -0.2) is 8.42 Å². The molecule has 4 rings (SSSR count). The van der Waals surface area contributed by atoms with Crippen molar-refractivity contribution in [3.8, 4) is 6.07 Å². The Hall–Kier alpha value is -2.82. The molecule has 2 atom stereocenters. The van der Waals surface area contributed by atoms with Crippen molar-refractivity contribution in [3.05, 3.63) is 29.8 Å². The second-order valence-electron chi connectivity index (χ2n) is 10.2. The molecule has 0 aromatic heterocycles. The molecule has 0 unspecified atom stereocenters. The molecule has 0 radical (unpaired) electrons. The van der Waals surface area contributed by atoms with Gasteiger partial charge in [0.05, 0.1) is 27.7 Å². The fraction of sp³-hybridized carbons (Fsp3) is 0.625. The van der Waals surface area contributed by atoms with Crippen LogP contribution in [0.1, 0.15) is 50.5 Å². The van der Waals surface area contributed by atoms with E-state index < -0.39 is 86.1 Å². The first-order valence-electron chi connectivity index (χ1n) is 12.1. The Bertz CT molecular complexity index is 1240. The minimum Gasteiger partial charge on any atom is -0.336 e. The molecule has 2 amide bonds. The summed E-state index contributed by atoms with van der Waals surface area (Å²) in [6.07, 6.45) is -10.1. The van der Waals surface area contributed by atoms with Crippen LogP contribution in [-0.4, -0.2) is 54.7 Å². The third-order valence-electron chi connectivity index (χ3n) is 7.65. The minimum absolute atomic E-state index is 0.121. The number of benzene rings is 1. The summed E-state index contributed by atoms with van der Waals surface area (Å²) in [5.74, 6) is -3.99. The number of rotatable bonds is 5. The van der Waals surface area contributed by atoms with Gasteiger partial charge >= 0.3 is 12.4 Å². The van der Waals surface area contributed by atoms with Gasteiger partial charge in [0.25, 0.3) is 0 Å². The standard InChI is InChI=1S/C24H25F6N3O4S/c25-23(26,27)15-7-5-14(6-8-15)21(35)33-12-16(11-18(33)20(34)32-22(13-31)9-10-22)38(36,37)19-4-2-1-3-17(19)24(28,29)30/h1-4,14-16,18H,5-12H2,(H,32,34)/t14?,15?,16-,18+/m1/s1. The Kier molecular flexibility index (Phi) is 7.22. The van der Waals surface area contributed by atoms with E-state index in [1.54, 1.807) is 0 Å². The monoisotopic (exact) mass is 565 g/mol. The molecule has 2 saturated carbocycles. The molecule has 3 aliphatic rings. The zero-order valence-electron chi connectivity index (χ0n) is 20.0. The van der Waals surface area contributed by atoms with E-state index in [0.717, 1.165) is 23.1 Å². The summed E-state index contributed by atoms with van der Waals surface area (Å²) in [5, 5.41) is 10.3. The van der Waals surface area contributed by atoms with Gasteiger partial charge in [-0.3, -0.25) is 9.59 Å². The van der Waals surface area contributed by atoms with Gasteiger partial charge in [0.2, 0.25) is 11.8 Å². The molecule has 1 aliphatic heterocycles. The first kappa shape index (κ1) is 28.2. The molecule has 3 fully saturated rings. The van der Waals surface area contributed by atoms with E-state index in [0.29, 0.717) is 18.9 Å². The highest BCUT2D eigenvalue weighted by Gasteiger charge is 2.52. The second kappa shape index (κ2) is 9.73. The van der Waals surface area contributed by atoms with Gasteiger partial charge in [0, 0.05) is 12.5 Å². The number of likely N-dealkylation sites (tertiary alicyclic amines) is 1. The Morgan fingerprint density at radius 1 is 1.03 bits per heavy atom. The summed E-state index contributed by atoms with van der Waals surface area (Å²) in [5.41, 5.74) is -2.53. The highest BCUT2D eigenvalue weighted by Crippen LogP contribution is 2.42. The lowest BCUT2D eigenvalue weighted by molar-refractivity contribution is -0.185. The van der Waals surface area contributed by atoms with Crippen LogP contribution in [0.5, 0.6) is 0 Å². The van der Waals surface area contributed by atoms with Crippen LogP contribution >= 0.6 is 0 Å². The molecule has 7 nitrogen and oxygen atoms in total. The van der Waals surface area contributed by atoms with E-state index in [-0.39, 0.29) is 25.7 Å². The molecule has 1 saturated heterocycles. The smallest absolute Gasteiger partial charge is 0.336 e. The largest absolute Gasteiger partial charge is 0.417 e. The van der Waals surface area contributed by atoms with Crippen LogP contribution in [0.3, 0.4) is 0 Å². The number of hydrogen-bond donors (Lipinski definition) is 1. The average molecular weight is 566 g/mol. The molecule has 1 heterocycles. The molecular formula is C24H25F6N3O4S. The van der Waals surface area contributed by atoms with Crippen molar-refractivity contribution < 1.29 is 44.3 Å². The van der Waals surface area contributed by atoms with E-state index in [4.69, 9.17) is 0 Å². The maximum Gasteiger partial charge on any atom is 0.417 e. The highest BCUT2D eigenvalue weighted by molar-refractivity contribution is 7.92. The van der Waals surface area contributed by atoms with Crippen molar-refractivity contribution in [2.75, 3.05) is 6.54 Å². The number of carbonyl (C=O) groups is 2. The summed E-state index contributed by atoms with van der Waals surface area (Å²) in [4.78, 5) is 26.5. The van der Waals surface area contributed by atoms with E-state index in [2.05, 4.69) is 5.32 Å². The van der Waals surface area contributed by atoms with Gasteiger partial charge in [0.1, 0.15) is 11.6 Å². The van der Waals surface area contributed by atoms with Crippen molar-refractivity contribution in [1.29, 1.82) is 5.26 Å². The van der Waals surface area contributed by atoms with Gasteiger partial charge in [0.15, 0.2) is 9.84 Å². The first-order chi connectivity index (χ1) is 17.6. The van der Waals surface area contributed by atoms with E-state index >= 15 is 0 Å². The summed E-state index contributed by atoms with van der Waals surface area (Å²) in [6.45, 7) is -0.593. The molecule has 1 N–H and O–H groups in total. The molecule has 38 heavy (non-hydrogen) atoms. The van der Waals surface area contributed by atoms with E-state index in [9.17, 15) is 49.6 Å². The van der Waals surface area contributed by atoms with E-state index in [1.165, 1.54) is 0 Å². The predicted molar refractivity (Wildman–Crippen MR) is 120 cm³/mol. The number of sulfone groups is 1.